The molecule has 5 heteroatoms. The molecule has 1 aliphatic heterocycles. The number of carbonyl (C=O) groups is 1. The van der Waals surface area contributed by atoms with Gasteiger partial charge in [-0.05, 0) is 24.9 Å². The lowest BCUT2D eigenvalue weighted by molar-refractivity contribution is -0.120. The lowest BCUT2D eigenvalue weighted by Gasteiger charge is -2.21. The van der Waals surface area contributed by atoms with Gasteiger partial charge in [0.2, 0.25) is 5.91 Å². The Morgan fingerprint density at radius 2 is 2.15 bits per heavy atom. The van der Waals surface area contributed by atoms with E-state index in [1.54, 1.807) is 0 Å². The Bertz CT molecular complexity index is 573. The first kappa shape index (κ1) is 12.9. The van der Waals surface area contributed by atoms with E-state index in [0.29, 0.717) is 5.82 Å². The zero-order valence-electron chi connectivity index (χ0n) is 11.2. The van der Waals surface area contributed by atoms with Gasteiger partial charge in [0.15, 0.2) is 5.82 Å². The molecule has 0 bridgehead atoms. The minimum absolute atomic E-state index is 0.0422. The molecule has 1 amide bonds. The van der Waals surface area contributed by atoms with Gasteiger partial charge in [0.1, 0.15) is 0 Å². The molecule has 2 aromatic rings. The van der Waals surface area contributed by atoms with E-state index in [1.807, 2.05) is 36.4 Å². The number of H-pyrrole nitrogens is 1. The quantitative estimate of drug-likeness (QED) is 0.799. The Kier molecular flexibility index (Phi) is 3.78. The van der Waals surface area contributed by atoms with E-state index in [1.165, 1.54) is 0 Å². The van der Waals surface area contributed by atoms with Crippen molar-refractivity contribution in [3.8, 4) is 11.3 Å². The molecule has 1 atom stereocenters. The zero-order valence-corrected chi connectivity index (χ0v) is 11.2. The van der Waals surface area contributed by atoms with Crippen molar-refractivity contribution in [2.45, 2.75) is 12.8 Å². The molecule has 3 N–H and O–H groups in total. The predicted octanol–water partition coefficient (Wildman–Crippen LogP) is 2.01. The minimum atomic E-state index is 0.0422. The smallest absolute Gasteiger partial charge is 0.229 e. The van der Waals surface area contributed by atoms with E-state index in [0.717, 1.165) is 37.2 Å². The van der Waals surface area contributed by atoms with Crippen LogP contribution in [0.3, 0.4) is 0 Å². The third-order valence-corrected chi connectivity index (χ3v) is 3.58. The van der Waals surface area contributed by atoms with Crippen molar-refractivity contribution in [3.05, 3.63) is 36.4 Å². The van der Waals surface area contributed by atoms with Gasteiger partial charge in [-0.1, -0.05) is 30.3 Å². The molecule has 2 heterocycles. The highest BCUT2D eigenvalue weighted by Crippen LogP contribution is 2.20. The summed E-state index contributed by atoms with van der Waals surface area (Å²) >= 11 is 0. The Labute approximate surface area is 117 Å². The van der Waals surface area contributed by atoms with Crippen molar-refractivity contribution in [2.75, 3.05) is 18.4 Å². The van der Waals surface area contributed by atoms with Crippen molar-refractivity contribution in [2.24, 2.45) is 5.92 Å². The van der Waals surface area contributed by atoms with Crippen molar-refractivity contribution in [1.82, 2.24) is 15.5 Å². The summed E-state index contributed by atoms with van der Waals surface area (Å²) in [6.45, 7) is 1.76. The summed E-state index contributed by atoms with van der Waals surface area (Å²) in [6.07, 6.45) is 1.99. The third kappa shape index (κ3) is 2.88. The molecule has 0 aliphatic carbocycles. The van der Waals surface area contributed by atoms with Gasteiger partial charge in [0.25, 0.3) is 0 Å². The van der Waals surface area contributed by atoms with Crippen molar-refractivity contribution in [1.29, 1.82) is 0 Å². The van der Waals surface area contributed by atoms with Crippen LogP contribution >= 0.6 is 0 Å². The van der Waals surface area contributed by atoms with E-state index in [-0.39, 0.29) is 11.8 Å². The standard InChI is InChI=1S/C15H18N4O/c20-15(12-7-4-8-16-10-12)17-14-9-13(18-19-14)11-5-2-1-3-6-11/h1-3,5-6,9,12,16H,4,7-8,10H2,(H2,17,18,19,20). The Morgan fingerprint density at radius 3 is 2.90 bits per heavy atom. The van der Waals surface area contributed by atoms with Crippen LogP contribution < -0.4 is 10.6 Å². The number of nitrogens with zero attached hydrogens (tertiary/aromatic N) is 1. The van der Waals surface area contributed by atoms with E-state index in [4.69, 9.17) is 0 Å². The highest BCUT2D eigenvalue weighted by Gasteiger charge is 2.21. The van der Waals surface area contributed by atoms with Gasteiger partial charge >= 0.3 is 0 Å². The van der Waals surface area contributed by atoms with Crippen LogP contribution in [0.4, 0.5) is 5.82 Å². The van der Waals surface area contributed by atoms with Gasteiger partial charge in [0.05, 0.1) is 11.6 Å². The highest BCUT2D eigenvalue weighted by atomic mass is 16.2. The largest absolute Gasteiger partial charge is 0.316 e. The van der Waals surface area contributed by atoms with E-state index < -0.39 is 0 Å². The van der Waals surface area contributed by atoms with Crippen LogP contribution in [-0.4, -0.2) is 29.2 Å². The number of anilines is 1. The first-order valence-electron chi connectivity index (χ1n) is 6.95. The average molecular weight is 270 g/mol. The number of carbonyl (C=O) groups excluding carboxylic acids is 1. The molecule has 1 aromatic heterocycles. The second-order valence-corrected chi connectivity index (χ2v) is 5.07. The van der Waals surface area contributed by atoms with Crippen LogP contribution in [0.1, 0.15) is 12.8 Å². The number of amides is 1. The molecule has 104 valence electrons. The molecule has 1 aromatic carbocycles. The van der Waals surface area contributed by atoms with E-state index in [2.05, 4.69) is 20.8 Å². The van der Waals surface area contributed by atoms with Gasteiger partial charge in [-0.15, -0.1) is 0 Å². The van der Waals surface area contributed by atoms with Gasteiger partial charge < -0.3 is 10.6 Å². The summed E-state index contributed by atoms with van der Waals surface area (Å²) in [5, 5.41) is 13.2. The van der Waals surface area contributed by atoms with Gasteiger partial charge in [-0.2, -0.15) is 5.10 Å². The van der Waals surface area contributed by atoms with Crippen LogP contribution in [0.25, 0.3) is 11.3 Å². The Morgan fingerprint density at radius 1 is 1.30 bits per heavy atom. The van der Waals surface area contributed by atoms with Crippen molar-refractivity contribution >= 4 is 11.7 Å². The van der Waals surface area contributed by atoms with Gasteiger partial charge in [-0.25, -0.2) is 0 Å². The van der Waals surface area contributed by atoms with E-state index >= 15 is 0 Å². The summed E-state index contributed by atoms with van der Waals surface area (Å²) in [4.78, 5) is 12.1. The molecular formula is C15H18N4O. The number of piperidine rings is 1. The minimum Gasteiger partial charge on any atom is -0.316 e. The Balaban J connectivity index is 1.66. The van der Waals surface area contributed by atoms with Crippen LogP contribution in [0.5, 0.6) is 0 Å². The van der Waals surface area contributed by atoms with Crippen molar-refractivity contribution < 1.29 is 4.79 Å². The number of benzene rings is 1. The molecule has 1 aliphatic rings. The topological polar surface area (TPSA) is 69.8 Å². The molecule has 0 radical (unpaired) electrons. The fourth-order valence-corrected chi connectivity index (χ4v) is 2.46. The highest BCUT2D eigenvalue weighted by molar-refractivity contribution is 5.92. The van der Waals surface area contributed by atoms with Crippen molar-refractivity contribution in [3.63, 3.8) is 0 Å². The number of nitrogens with one attached hydrogen (secondary N) is 3. The summed E-state index contributed by atoms with van der Waals surface area (Å²) in [7, 11) is 0. The van der Waals surface area contributed by atoms with E-state index in [9.17, 15) is 4.79 Å². The molecular weight excluding hydrogens is 252 g/mol. The average Bonchev–Trinajstić information content (AvgIpc) is 2.97. The second kappa shape index (κ2) is 5.88. The molecule has 1 saturated heterocycles. The first-order chi connectivity index (χ1) is 9.83. The van der Waals surface area contributed by atoms with Crippen LogP contribution in [-0.2, 0) is 4.79 Å². The number of hydrogen-bond acceptors (Lipinski definition) is 3. The summed E-state index contributed by atoms with van der Waals surface area (Å²) in [5.41, 5.74) is 1.96. The maximum Gasteiger partial charge on any atom is 0.229 e. The molecule has 0 spiro atoms. The summed E-state index contributed by atoms with van der Waals surface area (Å²) in [5.74, 6) is 0.670. The molecule has 3 rings (SSSR count). The number of rotatable bonds is 3. The number of aromatic nitrogens is 2. The lowest BCUT2D eigenvalue weighted by Crippen LogP contribution is -2.37. The summed E-state index contributed by atoms with van der Waals surface area (Å²) in [6, 6.07) is 11.8. The SMILES string of the molecule is O=C(Nc1cc(-c2ccccc2)[nH]n1)C1CCCNC1. The molecule has 1 fully saturated rings. The second-order valence-electron chi connectivity index (χ2n) is 5.07. The number of aromatic amines is 1. The van der Waals surface area contributed by atoms with Gasteiger partial charge in [-0.3, -0.25) is 9.89 Å². The zero-order chi connectivity index (χ0) is 13.8. The monoisotopic (exact) mass is 270 g/mol. The number of hydrogen-bond donors (Lipinski definition) is 3. The fraction of sp³-hybridized carbons (Fsp3) is 0.333. The maximum atomic E-state index is 12.1. The first-order valence-corrected chi connectivity index (χ1v) is 6.95. The third-order valence-electron chi connectivity index (χ3n) is 3.58. The lowest BCUT2D eigenvalue weighted by atomic mass is 9.99. The van der Waals surface area contributed by atoms with Gasteiger partial charge in [0, 0.05) is 12.6 Å². The van der Waals surface area contributed by atoms with Crippen LogP contribution in [0.15, 0.2) is 36.4 Å². The molecule has 20 heavy (non-hydrogen) atoms. The van der Waals surface area contributed by atoms with Crippen LogP contribution in [0.2, 0.25) is 0 Å². The molecule has 5 nitrogen and oxygen atoms in total. The predicted molar refractivity (Wildman–Crippen MR) is 78.2 cm³/mol. The van der Waals surface area contributed by atoms with Crippen LogP contribution in [0, 0.1) is 5.92 Å². The summed E-state index contributed by atoms with van der Waals surface area (Å²) < 4.78 is 0. The molecule has 1 unspecified atom stereocenters. The fourth-order valence-electron chi connectivity index (χ4n) is 2.46. The Hall–Kier alpha value is -2.14. The normalized spacial score (nSPS) is 18.7. The molecule has 0 saturated carbocycles. The maximum absolute atomic E-state index is 12.1.